The minimum absolute atomic E-state index is 0.0816. The van der Waals surface area contributed by atoms with Gasteiger partial charge in [0, 0.05) is 5.41 Å². The molecule has 2 N–H and O–H groups in total. The molecule has 3 rings (SSSR count). The molecule has 6 heteroatoms. The quantitative estimate of drug-likeness (QED) is 0.817. The molecule has 0 spiro atoms. The van der Waals surface area contributed by atoms with Gasteiger partial charge < -0.3 is 19.7 Å². The first-order chi connectivity index (χ1) is 12.4. The fourth-order valence-electron chi connectivity index (χ4n) is 3.98. The van der Waals surface area contributed by atoms with Crippen molar-refractivity contribution in [3.05, 3.63) is 59.7 Å². The lowest BCUT2D eigenvalue weighted by atomic mass is 9.47. The van der Waals surface area contributed by atoms with Gasteiger partial charge in [0.1, 0.15) is 11.5 Å². The molecular formula is C20H20O6. The summed E-state index contributed by atoms with van der Waals surface area (Å²) >= 11 is 0. The maximum absolute atomic E-state index is 12.5. The summed E-state index contributed by atoms with van der Waals surface area (Å²) in [5, 5.41) is 19.3. The standard InChI is InChI=1S/C20H20O6/c1-25-18(23)16-11-17(19(24)26-2)20(16,12-3-7-14(21)8-4-12)13-5-9-15(22)10-6-13/h3-10,16-17,21-22H,11H2,1-2H3. The number of methoxy groups -OCH3 is 2. The lowest BCUT2D eigenvalue weighted by Gasteiger charge is -2.53. The summed E-state index contributed by atoms with van der Waals surface area (Å²) < 4.78 is 9.94. The predicted octanol–water partition coefficient (Wildman–Crippen LogP) is 2.37. The smallest absolute Gasteiger partial charge is 0.309 e. The molecule has 26 heavy (non-hydrogen) atoms. The van der Waals surface area contributed by atoms with E-state index in [1.165, 1.54) is 38.5 Å². The second kappa shape index (κ2) is 6.71. The number of benzene rings is 2. The number of phenolic OH excluding ortho intramolecular Hbond substituents is 2. The van der Waals surface area contributed by atoms with Crippen LogP contribution in [0.1, 0.15) is 17.5 Å². The zero-order valence-electron chi connectivity index (χ0n) is 14.5. The molecule has 1 fully saturated rings. The van der Waals surface area contributed by atoms with Crippen LogP contribution in [0.4, 0.5) is 0 Å². The zero-order chi connectivity index (χ0) is 18.9. The fraction of sp³-hybridized carbons (Fsp3) is 0.300. The van der Waals surface area contributed by atoms with Crippen molar-refractivity contribution in [2.24, 2.45) is 11.8 Å². The van der Waals surface area contributed by atoms with Crippen LogP contribution in [-0.2, 0) is 24.5 Å². The molecule has 1 aliphatic rings. The Morgan fingerprint density at radius 3 is 1.46 bits per heavy atom. The molecule has 0 heterocycles. The molecule has 2 atom stereocenters. The van der Waals surface area contributed by atoms with Crippen LogP contribution in [0.15, 0.2) is 48.5 Å². The van der Waals surface area contributed by atoms with Gasteiger partial charge in [-0.15, -0.1) is 0 Å². The highest BCUT2D eigenvalue weighted by Gasteiger charge is 2.63. The Labute approximate surface area is 151 Å². The van der Waals surface area contributed by atoms with Crippen LogP contribution < -0.4 is 0 Å². The van der Waals surface area contributed by atoms with Gasteiger partial charge in [0.05, 0.1) is 26.1 Å². The highest BCUT2D eigenvalue weighted by atomic mass is 16.5. The Bertz CT molecular complexity index is 740. The number of rotatable bonds is 4. The average Bonchev–Trinajstić information content (AvgIpc) is 2.64. The first kappa shape index (κ1) is 17.8. The second-order valence-electron chi connectivity index (χ2n) is 6.35. The van der Waals surface area contributed by atoms with Gasteiger partial charge in [-0.3, -0.25) is 9.59 Å². The van der Waals surface area contributed by atoms with E-state index in [0.717, 1.165) is 0 Å². The van der Waals surface area contributed by atoms with Crippen molar-refractivity contribution < 1.29 is 29.3 Å². The van der Waals surface area contributed by atoms with Crippen LogP contribution in [0.25, 0.3) is 0 Å². The van der Waals surface area contributed by atoms with Crippen LogP contribution in [-0.4, -0.2) is 36.4 Å². The number of esters is 2. The van der Waals surface area contributed by atoms with E-state index in [2.05, 4.69) is 0 Å². The number of hydrogen-bond donors (Lipinski definition) is 2. The van der Waals surface area contributed by atoms with Gasteiger partial charge in [-0.05, 0) is 41.8 Å². The molecule has 2 aromatic rings. The third-order valence-corrected chi connectivity index (χ3v) is 5.23. The average molecular weight is 356 g/mol. The summed E-state index contributed by atoms with van der Waals surface area (Å²) in [7, 11) is 2.62. The Kier molecular flexibility index (Phi) is 4.59. The van der Waals surface area contributed by atoms with E-state index in [-0.39, 0.29) is 11.5 Å². The molecule has 0 aromatic heterocycles. The third kappa shape index (κ3) is 2.58. The topological polar surface area (TPSA) is 93.1 Å². The minimum atomic E-state index is -0.998. The SMILES string of the molecule is COC(=O)C1CC(C(=O)OC)C1(c1ccc(O)cc1)c1ccc(O)cc1. The summed E-state index contributed by atoms with van der Waals surface area (Å²) in [5.74, 6) is -1.87. The van der Waals surface area contributed by atoms with E-state index >= 15 is 0 Å². The molecule has 1 saturated carbocycles. The first-order valence-electron chi connectivity index (χ1n) is 8.19. The highest BCUT2D eigenvalue weighted by molar-refractivity contribution is 5.86. The Balaban J connectivity index is 2.25. The van der Waals surface area contributed by atoms with Gasteiger partial charge >= 0.3 is 11.9 Å². The molecular weight excluding hydrogens is 336 g/mol. The van der Waals surface area contributed by atoms with E-state index < -0.39 is 29.2 Å². The summed E-state index contributed by atoms with van der Waals surface area (Å²) in [5.41, 5.74) is 0.387. The van der Waals surface area contributed by atoms with Crippen molar-refractivity contribution in [2.45, 2.75) is 11.8 Å². The Morgan fingerprint density at radius 1 is 0.808 bits per heavy atom. The van der Waals surface area contributed by atoms with E-state index in [0.29, 0.717) is 17.5 Å². The summed E-state index contributed by atoms with van der Waals surface area (Å²) in [6, 6.07) is 12.8. The van der Waals surface area contributed by atoms with Crippen LogP contribution in [0, 0.1) is 11.8 Å². The summed E-state index contributed by atoms with van der Waals surface area (Å²) in [6.07, 6.45) is 0.293. The Hall–Kier alpha value is -3.02. The Morgan fingerprint density at radius 2 is 1.15 bits per heavy atom. The maximum atomic E-state index is 12.5. The number of ether oxygens (including phenoxy) is 2. The lowest BCUT2D eigenvalue weighted by Crippen LogP contribution is -2.60. The van der Waals surface area contributed by atoms with Crippen molar-refractivity contribution in [2.75, 3.05) is 14.2 Å². The van der Waals surface area contributed by atoms with Crippen molar-refractivity contribution in [1.29, 1.82) is 0 Å². The molecule has 0 saturated heterocycles. The molecule has 1 aliphatic carbocycles. The van der Waals surface area contributed by atoms with Crippen LogP contribution in [0.5, 0.6) is 11.5 Å². The van der Waals surface area contributed by atoms with Crippen LogP contribution in [0.3, 0.4) is 0 Å². The molecule has 0 radical (unpaired) electrons. The lowest BCUT2D eigenvalue weighted by molar-refractivity contribution is -0.166. The molecule has 2 aromatic carbocycles. The van der Waals surface area contributed by atoms with E-state index in [4.69, 9.17) is 9.47 Å². The van der Waals surface area contributed by atoms with E-state index in [1.54, 1.807) is 24.3 Å². The van der Waals surface area contributed by atoms with Gasteiger partial charge in [0.25, 0.3) is 0 Å². The largest absolute Gasteiger partial charge is 0.508 e. The van der Waals surface area contributed by atoms with E-state index in [9.17, 15) is 19.8 Å². The summed E-state index contributed by atoms with van der Waals surface area (Å²) in [6.45, 7) is 0. The molecule has 2 unspecified atom stereocenters. The molecule has 0 bridgehead atoms. The van der Waals surface area contributed by atoms with Crippen molar-refractivity contribution >= 4 is 11.9 Å². The van der Waals surface area contributed by atoms with Gasteiger partial charge in [-0.1, -0.05) is 24.3 Å². The number of carbonyl (C=O) groups excluding carboxylic acids is 2. The number of hydrogen-bond acceptors (Lipinski definition) is 6. The van der Waals surface area contributed by atoms with Gasteiger partial charge in [0.15, 0.2) is 0 Å². The van der Waals surface area contributed by atoms with E-state index in [1.807, 2.05) is 0 Å². The number of phenols is 2. The molecule has 136 valence electrons. The highest BCUT2D eigenvalue weighted by Crippen LogP contribution is 2.58. The van der Waals surface area contributed by atoms with Gasteiger partial charge in [-0.25, -0.2) is 0 Å². The van der Waals surface area contributed by atoms with Crippen molar-refractivity contribution in [3.8, 4) is 11.5 Å². The van der Waals surface area contributed by atoms with Gasteiger partial charge in [-0.2, -0.15) is 0 Å². The van der Waals surface area contributed by atoms with Crippen LogP contribution >= 0.6 is 0 Å². The third-order valence-electron chi connectivity index (χ3n) is 5.23. The van der Waals surface area contributed by atoms with Crippen molar-refractivity contribution in [3.63, 3.8) is 0 Å². The minimum Gasteiger partial charge on any atom is -0.508 e. The molecule has 0 aliphatic heterocycles. The molecule has 0 amide bonds. The molecule has 6 nitrogen and oxygen atoms in total. The van der Waals surface area contributed by atoms with Gasteiger partial charge in [0.2, 0.25) is 0 Å². The predicted molar refractivity (Wildman–Crippen MR) is 92.6 cm³/mol. The number of aromatic hydroxyl groups is 2. The first-order valence-corrected chi connectivity index (χ1v) is 8.19. The van der Waals surface area contributed by atoms with Crippen molar-refractivity contribution in [1.82, 2.24) is 0 Å². The summed E-state index contributed by atoms with van der Waals surface area (Å²) in [4.78, 5) is 24.9. The maximum Gasteiger partial charge on any atom is 0.309 e. The second-order valence-corrected chi connectivity index (χ2v) is 6.35. The number of carbonyl (C=O) groups is 2. The van der Waals surface area contributed by atoms with Crippen LogP contribution in [0.2, 0.25) is 0 Å². The monoisotopic (exact) mass is 356 g/mol. The zero-order valence-corrected chi connectivity index (χ0v) is 14.5. The normalized spacial score (nSPS) is 20.7. The fourth-order valence-corrected chi connectivity index (χ4v) is 3.98.